The molecule has 0 saturated heterocycles. The van der Waals surface area contributed by atoms with Crippen molar-refractivity contribution in [3.63, 3.8) is 0 Å². The molecule has 0 heterocycles. The zero-order chi connectivity index (χ0) is 13.6. The van der Waals surface area contributed by atoms with Crippen LogP contribution in [0.4, 0.5) is 0 Å². The van der Waals surface area contributed by atoms with E-state index in [-0.39, 0.29) is 0 Å². The fourth-order valence-electron chi connectivity index (χ4n) is 3.74. The summed E-state index contributed by atoms with van der Waals surface area (Å²) in [5, 5.41) is 1.30. The van der Waals surface area contributed by atoms with Gasteiger partial charge in [-0.05, 0) is 60.8 Å². The molecule has 1 aromatic carbocycles. The molecule has 0 unspecified atom stereocenters. The first kappa shape index (κ1) is 13.3. The molecule has 0 N–H and O–H groups in total. The first-order chi connectivity index (χ1) is 9.08. The topological polar surface area (TPSA) is 3.24 Å². The van der Waals surface area contributed by atoms with E-state index in [1.165, 1.54) is 42.5 Å². The number of benzene rings is 1. The molecule has 1 fully saturated rings. The molecular weight excluding hydrogens is 277 g/mol. The van der Waals surface area contributed by atoms with Crippen molar-refractivity contribution >= 4 is 28.8 Å². The third-order valence-corrected chi connectivity index (χ3v) is 5.25. The Morgan fingerprint density at radius 3 is 2.16 bits per heavy atom. The lowest BCUT2D eigenvalue weighted by Gasteiger charge is -2.43. The minimum absolute atomic E-state index is 0.637. The van der Waals surface area contributed by atoms with Crippen molar-refractivity contribution in [3.8, 4) is 0 Å². The second-order valence-electron chi connectivity index (χ2n) is 5.87. The summed E-state index contributed by atoms with van der Waals surface area (Å²) in [4.78, 5) is 2.30. The van der Waals surface area contributed by atoms with Gasteiger partial charge in [0.2, 0.25) is 0 Å². The molecule has 4 rings (SSSR count). The molecule has 0 atom stereocenters. The van der Waals surface area contributed by atoms with E-state index in [0.29, 0.717) is 16.0 Å². The zero-order valence-corrected chi connectivity index (χ0v) is 12.9. The van der Waals surface area contributed by atoms with Gasteiger partial charge >= 0.3 is 0 Å². The number of halogens is 2. The maximum atomic E-state index is 6.19. The van der Waals surface area contributed by atoms with E-state index in [4.69, 9.17) is 23.2 Å². The van der Waals surface area contributed by atoms with E-state index in [2.05, 4.69) is 25.1 Å². The van der Waals surface area contributed by atoms with E-state index in [1.54, 1.807) is 0 Å². The summed E-state index contributed by atoms with van der Waals surface area (Å²) >= 11 is 12.2. The maximum Gasteiger partial charge on any atom is 0.0598 e. The molecule has 0 aliphatic heterocycles. The van der Waals surface area contributed by atoms with E-state index >= 15 is 0 Å². The largest absolute Gasteiger partial charge is 0.380 e. The summed E-state index contributed by atoms with van der Waals surface area (Å²) in [6.07, 6.45) is 5.31. The van der Waals surface area contributed by atoms with Crippen molar-refractivity contribution in [2.45, 2.75) is 25.7 Å². The van der Waals surface area contributed by atoms with Crippen LogP contribution < -0.4 is 0 Å². The molecule has 1 saturated carbocycles. The molecule has 0 spiro atoms. The van der Waals surface area contributed by atoms with Crippen LogP contribution >= 0.6 is 23.2 Å². The van der Waals surface area contributed by atoms with Crippen LogP contribution in [0.2, 0.25) is 10.0 Å². The van der Waals surface area contributed by atoms with Gasteiger partial charge in [-0.1, -0.05) is 29.3 Å². The van der Waals surface area contributed by atoms with Gasteiger partial charge in [0.15, 0.2) is 0 Å². The predicted octanol–water partition coefficient (Wildman–Crippen LogP) is 5.09. The van der Waals surface area contributed by atoms with Crippen molar-refractivity contribution in [2.75, 3.05) is 14.1 Å². The summed E-state index contributed by atoms with van der Waals surface area (Å²) in [6, 6.07) is 6.07. The number of allylic oxidation sites excluding steroid dienone is 2. The summed E-state index contributed by atoms with van der Waals surface area (Å²) < 4.78 is 0. The summed E-state index contributed by atoms with van der Waals surface area (Å²) in [5.74, 6) is 1.42. The smallest absolute Gasteiger partial charge is 0.0598 e. The van der Waals surface area contributed by atoms with Crippen LogP contribution in [-0.2, 0) is 0 Å². The van der Waals surface area contributed by atoms with Crippen molar-refractivity contribution in [1.82, 2.24) is 4.90 Å². The minimum Gasteiger partial charge on any atom is -0.380 e. The van der Waals surface area contributed by atoms with Gasteiger partial charge in [-0.3, -0.25) is 0 Å². The van der Waals surface area contributed by atoms with E-state index in [9.17, 15) is 0 Å². The monoisotopic (exact) mass is 295 g/mol. The van der Waals surface area contributed by atoms with E-state index in [1.807, 2.05) is 12.1 Å². The normalized spacial score (nSPS) is 25.9. The molecule has 19 heavy (non-hydrogen) atoms. The molecule has 1 nitrogen and oxygen atoms in total. The lowest BCUT2D eigenvalue weighted by atomic mass is 9.67. The number of rotatable bonds is 2. The molecule has 102 valence electrons. The summed E-state index contributed by atoms with van der Waals surface area (Å²) in [6.45, 7) is 0. The predicted molar refractivity (Wildman–Crippen MR) is 82.5 cm³/mol. The fraction of sp³-hybridized carbons (Fsp3) is 0.500. The molecule has 0 radical (unpaired) electrons. The fourth-order valence-corrected chi connectivity index (χ4v) is 4.04. The highest BCUT2D eigenvalue weighted by Crippen LogP contribution is 2.50. The molecule has 3 aliphatic rings. The Morgan fingerprint density at radius 1 is 0.947 bits per heavy atom. The van der Waals surface area contributed by atoms with Crippen LogP contribution in [0.15, 0.2) is 23.9 Å². The Balaban J connectivity index is 2.13. The van der Waals surface area contributed by atoms with Gasteiger partial charge in [-0.15, -0.1) is 0 Å². The molecular formula is C16H19Cl2N. The lowest BCUT2D eigenvalue weighted by Crippen LogP contribution is -2.32. The second-order valence-corrected chi connectivity index (χ2v) is 6.69. The van der Waals surface area contributed by atoms with E-state index < -0.39 is 0 Å². The molecule has 3 aliphatic carbocycles. The van der Waals surface area contributed by atoms with Crippen LogP contribution in [-0.4, -0.2) is 19.0 Å². The molecule has 0 amide bonds. The number of hydrogen-bond donors (Lipinski definition) is 0. The van der Waals surface area contributed by atoms with Crippen molar-refractivity contribution in [2.24, 2.45) is 11.8 Å². The Hall–Kier alpha value is -0.660. The van der Waals surface area contributed by atoms with Crippen LogP contribution in [0.3, 0.4) is 0 Å². The highest BCUT2D eigenvalue weighted by molar-refractivity contribution is 6.42. The second kappa shape index (κ2) is 5.03. The van der Waals surface area contributed by atoms with Gasteiger partial charge in [-0.25, -0.2) is 0 Å². The molecule has 1 aromatic rings. The van der Waals surface area contributed by atoms with Gasteiger partial charge < -0.3 is 4.90 Å². The van der Waals surface area contributed by atoms with Crippen LogP contribution in [0.1, 0.15) is 31.2 Å². The lowest BCUT2D eigenvalue weighted by molar-refractivity contribution is 0.270. The highest BCUT2D eigenvalue weighted by atomic mass is 35.5. The minimum atomic E-state index is 0.637. The Labute approximate surface area is 125 Å². The van der Waals surface area contributed by atoms with Crippen LogP contribution in [0, 0.1) is 11.8 Å². The first-order valence-corrected chi connectivity index (χ1v) is 7.70. The molecule has 0 aromatic heterocycles. The molecule has 3 heteroatoms. The zero-order valence-electron chi connectivity index (χ0n) is 11.4. The van der Waals surface area contributed by atoms with Gasteiger partial charge in [0, 0.05) is 19.8 Å². The third kappa shape index (κ3) is 2.28. The standard InChI is InChI=1S/C16H19Cl2N/c1-19(2)16-11-5-3-10(4-6-11)15(16)12-7-8-13(17)14(18)9-12/h7-11H,3-6H2,1-2H3. The van der Waals surface area contributed by atoms with Gasteiger partial charge in [0.05, 0.1) is 10.0 Å². The Morgan fingerprint density at radius 2 is 1.58 bits per heavy atom. The van der Waals surface area contributed by atoms with Gasteiger partial charge in [-0.2, -0.15) is 0 Å². The quantitative estimate of drug-likeness (QED) is 0.735. The third-order valence-electron chi connectivity index (χ3n) is 4.51. The number of nitrogens with zero attached hydrogens (tertiary/aromatic N) is 1. The van der Waals surface area contributed by atoms with Crippen LogP contribution in [0.25, 0.3) is 5.57 Å². The van der Waals surface area contributed by atoms with Gasteiger partial charge in [0.1, 0.15) is 0 Å². The van der Waals surface area contributed by atoms with Crippen LogP contribution in [0.5, 0.6) is 0 Å². The number of hydrogen-bond acceptors (Lipinski definition) is 1. The number of fused-ring (bicyclic) bond motifs is 2. The maximum absolute atomic E-state index is 6.19. The first-order valence-electron chi connectivity index (χ1n) is 6.94. The van der Waals surface area contributed by atoms with Crippen molar-refractivity contribution in [1.29, 1.82) is 0 Å². The Kier molecular flexibility index (Phi) is 3.53. The Bertz CT molecular complexity index is 526. The van der Waals surface area contributed by atoms with E-state index in [0.717, 1.165) is 5.92 Å². The molecule has 2 bridgehead atoms. The van der Waals surface area contributed by atoms with Gasteiger partial charge in [0.25, 0.3) is 0 Å². The highest BCUT2D eigenvalue weighted by Gasteiger charge is 2.36. The summed E-state index contributed by atoms with van der Waals surface area (Å²) in [7, 11) is 4.32. The average Bonchev–Trinajstić information content (AvgIpc) is 2.42. The van der Waals surface area contributed by atoms with Crippen molar-refractivity contribution in [3.05, 3.63) is 39.5 Å². The SMILES string of the molecule is CN(C)C1=C(c2ccc(Cl)c(Cl)c2)C2CCC1CC2. The van der Waals surface area contributed by atoms with Crippen molar-refractivity contribution < 1.29 is 0 Å². The summed E-state index contributed by atoms with van der Waals surface area (Å²) in [5.41, 5.74) is 4.28. The average molecular weight is 296 g/mol.